The molecule has 0 aliphatic carbocycles. The number of para-hydroxylation sites is 1. The molecule has 0 saturated heterocycles. The van der Waals surface area contributed by atoms with Gasteiger partial charge in [0, 0.05) is 6.07 Å². The van der Waals surface area contributed by atoms with Crippen LogP contribution in [0.5, 0.6) is 17.2 Å². The van der Waals surface area contributed by atoms with Gasteiger partial charge in [0.2, 0.25) is 0 Å². The van der Waals surface area contributed by atoms with Crippen LogP contribution in [0.3, 0.4) is 0 Å². The molecule has 0 atom stereocenters. The molecular formula is C20H25NaO5S. The van der Waals surface area contributed by atoms with Crippen molar-refractivity contribution < 1.29 is 52.4 Å². The van der Waals surface area contributed by atoms with Crippen molar-refractivity contribution >= 4 is 10.1 Å². The van der Waals surface area contributed by atoms with Crippen LogP contribution in [0.2, 0.25) is 0 Å². The summed E-state index contributed by atoms with van der Waals surface area (Å²) in [6.45, 7) is 2.14. The molecule has 0 amide bonds. The summed E-state index contributed by atoms with van der Waals surface area (Å²) in [7, 11) is -4.50. The Morgan fingerprint density at radius 1 is 0.963 bits per heavy atom. The third-order valence-corrected chi connectivity index (χ3v) is 5.10. The summed E-state index contributed by atoms with van der Waals surface area (Å²) >= 11 is 0. The Bertz CT molecular complexity index is 807. The minimum absolute atomic E-state index is 0. The monoisotopic (exact) mass is 400 g/mol. The SMILES string of the molecule is CCCCCCCCc1c([O-])cc(Oc2ccccc2)cc1S(=O)(=O)O.[Na+]. The van der Waals surface area contributed by atoms with Crippen LogP contribution < -0.4 is 39.4 Å². The molecule has 0 unspecified atom stereocenters. The van der Waals surface area contributed by atoms with E-state index in [1.807, 2.05) is 6.07 Å². The van der Waals surface area contributed by atoms with Gasteiger partial charge < -0.3 is 9.84 Å². The van der Waals surface area contributed by atoms with E-state index in [1.54, 1.807) is 24.3 Å². The third-order valence-electron chi connectivity index (χ3n) is 4.18. The van der Waals surface area contributed by atoms with Gasteiger partial charge >= 0.3 is 29.6 Å². The summed E-state index contributed by atoms with van der Waals surface area (Å²) < 4.78 is 38.6. The zero-order valence-corrected chi connectivity index (χ0v) is 18.8. The molecule has 1 N–H and O–H groups in total. The van der Waals surface area contributed by atoms with Crippen LogP contribution in [0.15, 0.2) is 47.4 Å². The molecule has 0 saturated carbocycles. The molecular weight excluding hydrogens is 375 g/mol. The van der Waals surface area contributed by atoms with Crippen LogP contribution in [0, 0.1) is 0 Å². The van der Waals surface area contributed by atoms with Gasteiger partial charge in [0.05, 0.1) is 0 Å². The number of hydrogen-bond donors (Lipinski definition) is 1. The van der Waals surface area contributed by atoms with Crippen molar-refractivity contribution in [3.05, 3.63) is 48.0 Å². The predicted octanol–water partition coefficient (Wildman–Crippen LogP) is 1.71. The number of benzene rings is 2. The number of unbranched alkanes of at least 4 members (excludes halogenated alkanes) is 5. The van der Waals surface area contributed by atoms with Crippen molar-refractivity contribution in [3.8, 4) is 17.2 Å². The molecule has 0 heterocycles. The van der Waals surface area contributed by atoms with E-state index in [0.29, 0.717) is 18.6 Å². The van der Waals surface area contributed by atoms with E-state index in [0.717, 1.165) is 25.7 Å². The normalized spacial score (nSPS) is 11.0. The minimum Gasteiger partial charge on any atom is -0.872 e. The molecule has 0 aromatic heterocycles. The maximum Gasteiger partial charge on any atom is 1.00 e. The fourth-order valence-corrected chi connectivity index (χ4v) is 3.62. The van der Waals surface area contributed by atoms with Crippen LogP contribution in [0.25, 0.3) is 0 Å². The van der Waals surface area contributed by atoms with Crippen molar-refractivity contribution in [1.82, 2.24) is 0 Å². The average Bonchev–Trinajstić information content (AvgIpc) is 2.59. The van der Waals surface area contributed by atoms with Crippen molar-refractivity contribution in [3.63, 3.8) is 0 Å². The Morgan fingerprint density at radius 3 is 2.22 bits per heavy atom. The minimum atomic E-state index is -4.50. The van der Waals surface area contributed by atoms with Crippen LogP contribution in [-0.4, -0.2) is 13.0 Å². The second-order valence-electron chi connectivity index (χ2n) is 6.31. The summed E-state index contributed by atoms with van der Waals surface area (Å²) in [5, 5.41) is 12.4. The quantitative estimate of drug-likeness (QED) is 0.373. The standard InChI is InChI=1S/C20H26O5S.Na/c1-2-3-4-5-6-10-13-18-19(21)14-17(15-20(18)26(22,23)24)25-16-11-8-7-9-12-16;/h7-9,11-12,14-15,21H,2-6,10,13H2,1H3,(H,22,23,24);/q;+1/p-1. The van der Waals surface area contributed by atoms with Crippen molar-refractivity contribution in [2.24, 2.45) is 0 Å². The molecule has 142 valence electrons. The molecule has 5 nitrogen and oxygen atoms in total. The van der Waals surface area contributed by atoms with E-state index < -0.39 is 15.9 Å². The molecule has 2 rings (SSSR count). The van der Waals surface area contributed by atoms with Gasteiger partial charge in [-0.3, -0.25) is 4.55 Å². The number of ether oxygens (including phenoxy) is 1. The van der Waals surface area contributed by atoms with Crippen LogP contribution in [0.1, 0.15) is 51.0 Å². The van der Waals surface area contributed by atoms with Crippen molar-refractivity contribution in [2.75, 3.05) is 0 Å². The van der Waals surface area contributed by atoms with E-state index in [2.05, 4.69) is 6.92 Å². The second-order valence-corrected chi connectivity index (χ2v) is 7.70. The van der Waals surface area contributed by atoms with Crippen molar-refractivity contribution in [2.45, 2.75) is 56.8 Å². The molecule has 0 bridgehead atoms. The predicted molar refractivity (Wildman–Crippen MR) is 99.3 cm³/mol. The van der Waals surface area contributed by atoms with E-state index in [1.165, 1.54) is 18.6 Å². The molecule has 0 fully saturated rings. The Labute approximate surface area is 183 Å². The Morgan fingerprint density at radius 2 is 1.59 bits per heavy atom. The fraction of sp³-hybridized carbons (Fsp3) is 0.400. The van der Waals surface area contributed by atoms with Gasteiger partial charge in [-0.15, -0.1) is 5.75 Å². The second kappa shape index (κ2) is 11.7. The van der Waals surface area contributed by atoms with E-state index >= 15 is 0 Å². The van der Waals surface area contributed by atoms with Crippen LogP contribution in [0.4, 0.5) is 0 Å². The summed E-state index contributed by atoms with van der Waals surface area (Å²) in [6.07, 6.45) is 6.47. The van der Waals surface area contributed by atoms with Gasteiger partial charge in [-0.1, -0.05) is 57.2 Å². The van der Waals surface area contributed by atoms with E-state index in [-0.39, 0.29) is 45.8 Å². The Balaban J connectivity index is 0.00000364. The molecule has 2 aromatic rings. The van der Waals surface area contributed by atoms with Gasteiger partial charge in [0.1, 0.15) is 16.4 Å². The summed E-state index contributed by atoms with van der Waals surface area (Å²) in [4.78, 5) is -0.357. The average molecular weight is 400 g/mol. The summed E-state index contributed by atoms with van der Waals surface area (Å²) in [5.41, 5.74) is 0.128. The Hall–Kier alpha value is -1.05. The smallest absolute Gasteiger partial charge is 0.872 e. The largest absolute Gasteiger partial charge is 1.00 e. The summed E-state index contributed by atoms with van der Waals surface area (Å²) in [6, 6.07) is 11.2. The fourth-order valence-electron chi connectivity index (χ4n) is 2.84. The van der Waals surface area contributed by atoms with Gasteiger partial charge in [0.15, 0.2) is 0 Å². The zero-order valence-electron chi connectivity index (χ0n) is 16.0. The zero-order chi connectivity index (χ0) is 19.0. The first-order valence-electron chi connectivity index (χ1n) is 8.96. The number of rotatable bonds is 10. The third kappa shape index (κ3) is 7.84. The van der Waals surface area contributed by atoms with E-state index in [4.69, 9.17) is 4.74 Å². The maximum atomic E-state index is 12.4. The molecule has 0 aliphatic rings. The maximum absolute atomic E-state index is 12.4. The first-order valence-corrected chi connectivity index (χ1v) is 10.4. The van der Waals surface area contributed by atoms with Crippen LogP contribution in [-0.2, 0) is 16.5 Å². The van der Waals surface area contributed by atoms with Gasteiger partial charge in [0.25, 0.3) is 10.1 Å². The molecule has 0 aliphatic heterocycles. The van der Waals surface area contributed by atoms with Gasteiger partial charge in [-0.25, -0.2) is 0 Å². The molecule has 7 heteroatoms. The van der Waals surface area contributed by atoms with Crippen molar-refractivity contribution in [1.29, 1.82) is 0 Å². The molecule has 0 radical (unpaired) electrons. The van der Waals surface area contributed by atoms with Gasteiger partial charge in [-0.2, -0.15) is 8.42 Å². The topological polar surface area (TPSA) is 86.7 Å². The van der Waals surface area contributed by atoms with E-state index in [9.17, 15) is 18.1 Å². The molecule has 2 aromatic carbocycles. The first kappa shape index (κ1) is 24.0. The van der Waals surface area contributed by atoms with Gasteiger partial charge in [-0.05, 0) is 36.6 Å². The number of hydrogen-bond acceptors (Lipinski definition) is 4. The molecule has 0 spiro atoms. The Kier molecular flexibility index (Phi) is 10.4. The first-order chi connectivity index (χ1) is 12.4. The van der Waals surface area contributed by atoms with Crippen LogP contribution >= 0.6 is 0 Å². The summed E-state index contributed by atoms with van der Waals surface area (Å²) in [5.74, 6) is 0.150. The molecule has 27 heavy (non-hydrogen) atoms.